The lowest BCUT2D eigenvalue weighted by Gasteiger charge is -2.30. The molecule has 5 nitrogen and oxygen atoms in total. The van der Waals surface area contributed by atoms with Gasteiger partial charge in [0.15, 0.2) is 0 Å². The molecule has 0 unspecified atom stereocenters. The molecule has 0 atom stereocenters. The Kier molecular flexibility index (Phi) is 5.73. The number of piperidine rings is 1. The van der Waals surface area contributed by atoms with Crippen LogP contribution in [0.15, 0.2) is 54.1 Å². The van der Waals surface area contributed by atoms with Crippen molar-refractivity contribution in [2.75, 3.05) is 13.1 Å². The Hall–Kier alpha value is -1.89. The molecule has 1 aromatic carbocycles. The molecule has 0 bridgehead atoms. The van der Waals surface area contributed by atoms with Gasteiger partial charge in [0.1, 0.15) is 11.1 Å². The fourth-order valence-electron chi connectivity index (χ4n) is 2.63. The highest BCUT2D eigenvalue weighted by molar-refractivity contribution is 7.92. The number of rotatable bonds is 5. The van der Waals surface area contributed by atoms with Crippen LogP contribution in [0.2, 0.25) is 5.02 Å². The first-order chi connectivity index (χ1) is 12.0. The van der Waals surface area contributed by atoms with Crippen LogP contribution in [0.4, 0.5) is 0 Å². The molecule has 1 aliphatic heterocycles. The zero-order valence-corrected chi connectivity index (χ0v) is 15.2. The summed E-state index contributed by atoms with van der Waals surface area (Å²) in [5.41, 5.74) is 0.856. The smallest absolute Gasteiger partial charge is 0.236 e. The van der Waals surface area contributed by atoms with Crippen molar-refractivity contribution in [2.45, 2.75) is 18.9 Å². The summed E-state index contributed by atoms with van der Waals surface area (Å²) < 4.78 is 32.2. The van der Waals surface area contributed by atoms with Crippen LogP contribution in [0.3, 0.4) is 0 Å². The summed E-state index contributed by atoms with van der Waals surface area (Å²) in [6.45, 7) is 0.827. The third-order valence-corrected chi connectivity index (χ3v) is 5.85. The lowest BCUT2D eigenvalue weighted by atomic mass is 10.1. The Morgan fingerprint density at radius 1 is 1.12 bits per heavy atom. The second kappa shape index (κ2) is 7.99. The van der Waals surface area contributed by atoms with E-state index >= 15 is 0 Å². The van der Waals surface area contributed by atoms with Gasteiger partial charge < -0.3 is 4.74 Å². The molecule has 0 aliphatic carbocycles. The SMILES string of the molecule is O=S(=O)(/C=C/c1ccccc1)N1CCC(Oc2ncccc2Cl)CC1. The topological polar surface area (TPSA) is 59.5 Å². The number of halogens is 1. The Labute approximate surface area is 153 Å². The number of ether oxygens (including phenoxy) is 1. The molecule has 2 heterocycles. The van der Waals surface area contributed by atoms with Gasteiger partial charge in [-0.2, -0.15) is 4.31 Å². The van der Waals surface area contributed by atoms with Crippen molar-refractivity contribution < 1.29 is 13.2 Å². The maximum absolute atomic E-state index is 12.4. The molecule has 25 heavy (non-hydrogen) atoms. The maximum Gasteiger partial charge on any atom is 0.236 e. The average Bonchev–Trinajstić information content (AvgIpc) is 2.63. The zero-order chi connectivity index (χ0) is 17.7. The van der Waals surface area contributed by atoms with Crippen molar-refractivity contribution in [1.82, 2.24) is 9.29 Å². The predicted molar refractivity (Wildman–Crippen MR) is 98.9 cm³/mol. The van der Waals surface area contributed by atoms with Gasteiger partial charge in [0.2, 0.25) is 15.9 Å². The summed E-state index contributed by atoms with van der Waals surface area (Å²) in [6.07, 6.45) is 4.36. The van der Waals surface area contributed by atoms with E-state index in [1.165, 1.54) is 9.71 Å². The molecule has 0 spiro atoms. The standard InChI is InChI=1S/C18H19ClN2O3S/c19-17-7-4-11-20-18(17)24-16-8-12-21(13-9-16)25(22,23)14-10-15-5-2-1-3-6-15/h1-7,10-11,14,16H,8-9,12-13H2/b14-10+. The highest BCUT2D eigenvalue weighted by Crippen LogP contribution is 2.25. The van der Waals surface area contributed by atoms with Crippen LogP contribution < -0.4 is 4.74 Å². The number of hydrogen-bond donors (Lipinski definition) is 0. The van der Waals surface area contributed by atoms with E-state index in [4.69, 9.17) is 16.3 Å². The molecule has 1 fully saturated rings. The quantitative estimate of drug-likeness (QED) is 0.797. The minimum atomic E-state index is -3.43. The molecular weight excluding hydrogens is 360 g/mol. The summed E-state index contributed by atoms with van der Waals surface area (Å²) >= 11 is 6.04. The van der Waals surface area contributed by atoms with Crippen molar-refractivity contribution in [3.8, 4) is 5.88 Å². The van der Waals surface area contributed by atoms with E-state index in [9.17, 15) is 8.42 Å². The van der Waals surface area contributed by atoms with Crippen LogP contribution in [0, 0.1) is 0 Å². The lowest BCUT2D eigenvalue weighted by molar-refractivity contribution is 0.130. The minimum Gasteiger partial charge on any atom is -0.473 e. The Bertz CT molecular complexity index is 832. The Balaban J connectivity index is 1.58. The number of aromatic nitrogens is 1. The maximum atomic E-state index is 12.4. The van der Waals surface area contributed by atoms with Crippen molar-refractivity contribution >= 4 is 27.7 Å². The Morgan fingerprint density at radius 2 is 1.84 bits per heavy atom. The molecule has 0 radical (unpaired) electrons. The van der Waals surface area contributed by atoms with E-state index < -0.39 is 10.0 Å². The van der Waals surface area contributed by atoms with Gasteiger partial charge >= 0.3 is 0 Å². The van der Waals surface area contributed by atoms with E-state index in [0.717, 1.165) is 5.56 Å². The molecule has 1 saturated heterocycles. The van der Waals surface area contributed by atoms with Crippen molar-refractivity contribution in [1.29, 1.82) is 0 Å². The molecule has 7 heteroatoms. The summed E-state index contributed by atoms with van der Waals surface area (Å²) in [5.74, 6) is 0.398. The summed E-state index contributed by atoms with van der Waals surface area (Å²) in [7, 11) is -3.43. The van der Waals surface area contributed by atoms with Gasteiger partial charge in [-0.3, -0.25) is 0 Å². The number of pyridine rings is 1. The van der Waals surface area contributed by atoms with E-state index in [1.54, 1.807) is 24.4 Å². The van der Waals surface area contributed by atoms with Crippen LogP contribution in [-0.4, -0.2) is 36.9 Å². The van der Waals surface area contributed by atoms with Gasteiger partial charge in [-0.05, 0) is 36.6 Å². The summed E-state index contributed by atoms with van der Waals surface area (Å²) in [6, 6.07) is 12.8. The average molecular weight is 379 g/mol. The van der Waals surface area contributed by atoms with E-state index in [-0.39, 0.29) is 6.10 Å². The molecule has 3 rings (SSSR count). The third kappa shape index (κ3) is 4.81. The van der Waals surface area contributed by atoms with Crippen LogP contribution in [0.5, 0.6) is 5.88 Å². The van der Waals surface area contributed by atoms with Crippen LogP contribution in [0.25, 0.3) is 6.08 Å². The second-order valence-electron chi connectivity index (χ2n) is 5.77. The van der Waals surface area contributed by atoms with Gasteiger partial charge in [0.05, 0.1) is 0 Å². The highest BCUT2D eigenvalue weighted by atomic mass is 35.5. The summed E-state index contributed by atoms with van der Waals surface area (Å²) in [5, 5.41) is 1.72. The largest absolute Gasteiger partial charge is 0.473 e. The number of nitrogens with zero attached hydrogens (tertiary/aromatic N) is 2. The van der Waals surface area contributed by atoms with Gasteiger partial charge in [-0.1, -0.05) is 41.9 Å². The van der Waals surface area contributed by atoms with Gasteiger partial charge in [0.25, 0.3) is 0 Å². The fraction of sp³-hybridized carbons (Fsp3) is 0.278. The monoisotopic (exact) mass is 378 g/mol. The fourth-order valence-corrected chi connectivity index (χ4v) is 4.02. The number of sulfonamides is 1. The molecule has 0 amide bonds. The molecule has 2 aromatic rings. The lowest BCUT2D eigenvalue weighted by Crippen LogP contribution is -2.41. The van der Waals surface area contributed by atoms with Crippen molar-refractivity contribution in [3.05, 3.63) is 64.7 Å². The Morgan fingerprint density at radius 3 is 2.52 bits per heavy atom. The highest BCUT2D eigenvalue weighted by Gasteiger charge is 2.27. The van der Waals surface area contributed by atoms with Crippen molar-refractivity contribution in [3.63, 3.8) is 0 Å². The van der Waals surface area contributed by atoms with Crippen LogP contribution in [0.1, 0.15) is 18.4 Å². The first-order valence-electron chi connectivity index (χ1n) is 8.05. The molecular formula is C18H19ClN2O3S. The predicted octanol–water partition coefficient (Wildman–Crippen LogP) is 3.58. The molecule has 0 N–H and O–H groups in total. The third-order valence-electron chi connectivity index (χ3n) is 4.00. The second-order valence-corrected chi connectivity index (χ2v) is 7.99. The zero-order valence-electron chi connectivity index (χ0n) is 13.6. The molecule has 1 aromatic heterocycles. The van der Waals surface area contributed by atoms with Crippen LogP contribution >= 0.6 is 11.6 Å². The molecule has 132 valence electrons. The first kappa shape index (κ1) is 17.9. The van der Waals surface area contributed by atoms with Crippen molar-refractivity contribution in [2.24, 2.45) is 0 Å². The van der Waals surface area contributed by atoms with Crippen LogP contribution in [-0.2, 0) is 10.0 Å². The van der Waals surface area contributed by atoms with E-state index in [1.807, 2.05) is 30.3 Å². The molecule has 0 saturated carbocycles. The first-order valence-corrected chi connectivity index (χ1v) is 9.93. The van der Waals surface area contributed by atoms with Gasteiger partial charge in [0, 0.05) is 24.7 Å². The minimum absolute atomic E-state index is 0.0862. The van der Waals surface area contributed by atoms with Gasteiger partial charge in [-0.15, -0.1) is 0 Å². The number of hydrogen-bond acceptors (Lipinski definition) is 4. The summed E-state index contributed by atoms with van der Waals surface area (Å²) in [4.78, 5) is 4.11. The van der Waals surface area contributed by atoms with Gasteiger partial charge in [-0.25, -0.2) is 13.4 Å². The molecule has 1 aliphatic rings. The van der Waals surface area contributed by atoms with E-state index in [2.05, 4.69) is 4.98 Å². The number of benzene rings is 1. The normalized spacial score (nSPS) is 17.0. The van der Waals surface area contributed by atoms with E-state index in [0.29, 0.717) is 36.8 Å².